The van der Waals surface area contributed by atoms with Gasteiger partial charge >= 0.3 is 5.69 Å². The Balaban J connectivity index is 2.81. The number of aromatic amines is 1. The number of aromatic nitrogens is 2. The maximum absolute atomic E-state index is 11.8. The van der Waals surface area contributed by atoms with Crippen LogP contribution in [0.25, 0.3) is 5.69 Å². The van der Waals surface area contributed by atoms with Gasteiger partial charge in [0.25, 0.3) is 5.56 Å². The molecule has 0 aliphatic rings. The number of nitrogens with one attached hydrogen (secondary N) is 1. The van der Waals surface area contributed by atoms with Crippen molar-refractivity contribution < 1.29 is 0 Å². The molecule has 4 nitrogen and oxygen atoms in total. The number of hydrogen-bond donors (Lipinski definition) is 1. The van der Waals surface area contributed by atoms with Gasteiger partial charge in [0.05, 0.1) is 5.69 Å². The van der Waals surface area contributed by atoms with Gasteiger partial charge in [-0.3, -0.25) is 14.3 Å². The fourth-order valence-corrected chi connectivity index (χ4v) is 1.87. The second-order valence-electron chi connectivity index (χ2n) is 4.21. The van der Waals surface area contributed by atoms with Crippen molar-refractivity contribution in [2.24, 2.45) is 0 Å². The van der Waals surface area contributed by atoms with Crippen LogP contribution in [0.3, 0.4) is 0 Å². The monoisotopic (exact) mass is 230 g/mol. The van der Waals surface area contributed by atoms with Crippen LogP contribution < -0.4 is 11.2 Å². The maximum Gasteiger partial charge on any atom is 0.333 e. The maximum atomic E-state index is 11.8. The summed E-state index contributed by atoms with van der Waals surface area (Å²) in [5.74, 6) is 0. The first kappa shape index (κ1) is 11.4. The van der Waals surface area contributed by atoms with Crippen molar-refractivity contribution in [3.8, 4) is 5.69 Å². The lowest BCUT2D eigenvalue weighted by Gasteiger charge is -2.12. The molecule has 0 saturated carbocycles. The predicted octanol–water partition coefficient (Wildman–Crippen LogP) is 1.45. The van der Waals surface area contributed by atoms with Crippen molar-refractivity contribution in [3.05, 3.63) is 61.9 Å². The number of hydrogen-bond acceptors (Lipinski definition) is 2. The van der Waals surface area contributed by atoms with Gasteiger partial charge < -0.3 is 0 Å². The third-order valence-corrected chi connectivity index (χ3v) is 2.73. The summed E-state index contributed by atoms with van der Waals surface area (Å²) in [6.45, 7) is 5.65. The van der Waals surface area contributed by atoms with Gasteiger partial charge in [0, 0.05) is 11.8 Å². The van der Waals surface area contributed by atoms with Crippen LogP contribution in [0.4, 0.5) is 0 Å². The first-order valence-electron chi connectivity index (χ1n) is 5.39. The number of aryl methyl sites for hydroxylation is 3. The lowest BCUT2D eigenvalue weighted by molar-refractivity contribution is 0.850. The normalized spacial score (nSPS) is 10.5. The van der Waals surface area contributed by atoms with Crippen molar-refractivity contribution in [1.82, 2.24) is 9.55 Å². The van der Waals surface area contributed by atoms with Gasteiger partial charge in [-0.15, -0.1) is 0 Å². The van der Waals surface area contributed by atoms with Crippen LogP contribution in [0.2, 0.25) is 0 Å². The highest BCUT2D eigenvalue weighted by molar-refractivity contribution is 5.43. The second-order valence-corrected chi connectivity index (χ2v) is 4.21. The minimum Gasteiger partial charge on any atom is -0.274 e. The van der Waals surface area contributed by atoms with Gasteiger partial charge in [-0.25, -0.2) is 4.79 Å². The highest BCUT2D eigenvalue weighted by atomic mass is 16.2. The quantitative estimate of drug-likeness (QED) is 0.806. The molecule has 0 aliphatic heterocycles. The number of nitrogens with zero attached hydrogens (tertiary/aromatic N) is 1. The molecule has 0 fully saturated rings. The van der Waals surface area contributed by atoms with E-state index in [1.54, 1.807) is 6.92 Å². The largest absolute Gasteiger partial charge is 0.333 e. The Morgan fingerprint density at radius 3 is 2.41 bits per heavy atom. The van der Waals surface area contributed by atoms with E-state index in [0.717, 1.165) is 16.8 Å². The molecule has 1 heterocycles. The highest BCUT2D eigenvalue weighted by Crippen LogP contribution is 2.14. The van der Waals surface area contributed by atoms with Crippen molar-refractivity contribution in [2.45, 2.75) is 20.8 Å². The van der Waals surface area contributed by atoms with Crippen LogP contribution in [-0.2, 0) is 0 Å². The van der Waals surface area contributed by atoms with Crippen molar-refractivity contribution >= 4 is 0 Å². The molecule has 2 aromatic rings. The average Bonchev–Trinajstić information content (AvgIpc) is 2.21. The van der Waals surface area contributed by atoms with E-state index in [-0.39, 0.29) is 5.56 Å². The summed E-state index contributed by atoms with van der Waals surface area (Å²) in [4.78, 5) is 25.3. The molecule has 17 heavy (non-hydrogen) atoms. The summed E-state index contributed by atoms with van der Waals surface area (Å²) in [6.07, 6.45) is 0. The van der Waals surface area contributed by atoms with Gasteiger partial charge in [-0.1, -0.05) is 12.1 Å². The van der Waals surface area contributed by atoms with Crippen molar-refractivity contribution in [3.63, 3.8) is 0 Å². The lowest BCUT2D eigenvalue weighted by atomic mass is 10.1. The van der Waals surface area contributed by atoms with E-state index in [4.69, 9.17) is 0 Å². The minimum atomic E-state index is -0.399. The fraction of sp³-hybridized carbons (Fsp3) is 0.231. The third kappa shape index (κ3) is 2.06. The van der Waals surface area contributed by atoms with E-state index in [0.29, 0.717) is 5.69 Å². The molecule has 0 bridgehead atoms. The Labute approximate surface area is 98.6 Å². The fourth-order valence-electron chi connectivity index (χ4n) is 1.87. The summed E-state index contributed by atoms with van der Waals surface area (Å²) >= 11 is 0. The van der Waals surface area contributed by atoms with E-state index < -0.39 is 5.69 Å². The van der Waals surface area contributed by atoms with Crippen LogP contribution in [0.15, 0.2) is 33.9 Å². The van der Waals surface area contributed by atoms with Crippen LogP contribution >= 0.6 is 0 Å². The average molecular weight is 230 g/mol. The van der Waals surface area contributed by atoms with Gasteiger partial charge in [0.15, 0.2) is 0 Å². The first-order chi connectivity index (χ1) is 7.99. The smallest absolute Gasteiger partial charge is 0.274 e. The Hall–Kier alpha value is -2.10. The molecule has 0 amide bonds. The highest BCUT2D eigenvalue weighted by Gasteiger charge is 2.07. The van der Waals surface area contributed by atoms with Gasteiger partial charge in [0.2, 0.25) is 0 Å². The second kappa shape index (κ2) is 4.05. The number of H-pyrrole nitrogens is 1. The van der Waals surface area contributed by atoms with E-state index in [1.807, 2.05) is 32.0 Å². The summed E-state index contributed by atoms with van der Waals surface area (Å²) in [5, 5.41) is 0. The molecular weight excluding hydrogens is 216 g/mol. The van der Waals surface area contributed by atoms with Gasteiger partial charge in [-0.2, -0.15) is 0 Å². The molecule has 2 rings (SSSR count). The van der Waals surface area contributed by atoms with E-state index in [9.17, 15) is 9.59 Å². The molecule has 0 radical (unpaired) electrons. The molecular formula is C13H14N2O2. The van der Waals surface area contributed by atoms with Gasteiger partial charge in [-0.05, 0) is 38.0 Å². The molecule has 88 valence electrons. The number of rotatable bonds is 1. The summed E-state index contributed by atoms with van der Waals surface area (Å²) in [6, 6.07) is 7.30. The van der Waals surface area contributed by atoms with Crippen LogP contribution in [0.1, 0.15) is 16.8 Å². The minimum absolute atomic E-state index is 0.367. The van der Waals surface area contributed by atoms with Crippen LogP contribution in [0, 0.1) is 20.8 Å². The molecule has 0 unspecified atom stereocenters. The Morgan fingerprint density at radius 1 is 1.06 bits per heavy atom. The van der Waals surface area contributed by atoms with Crippen LogP contribution in [0.5, 0.6) is 0 Å². The molecule has 1 N–H and O–H groups in total. The van der Waals surface area contributed by atoms with Gasteiger partial charge in [0.1, 0.15) is 0 Å². The van der Waals surface area contributed by atoms with E-state index >= 15 is 0 Å². The van der Waals surface area contributed by atoms with E-state index in [1.165, 1.54) is 10.6 Å². The molecule has 1 aromatic heterocycles. The first-order valence-corrected chi connectivity index (χ1v) is 5.39. The number of benzene rings is 1. The zero-order chi connectivity index (χ0) is 12.6. The van der Waals surface area contributed by atoms with Crippen LogP contribution in [-0.4, -0.2) is 9.55 Å². The third-order valence-electron chi connectivity index (χ3n) is 2.73. The topological polar surface area (TPSA) is 54.9 Å². The SMILES string of the molecule is Cc1ccc(C)c(-n2c(C)cc(=O)[nH]c2=O)c1. The molecule has 0 spiro atoms. The standard InChI is InChI=1S/C13H14N2O2/c1-8-4-5-9(2)11(6-8)15-10(3)7-12(16)14-13(15)17/h4-7H,1-3H3,(H,14,16,17). The predicted molar refractivity (Wildman–Crippen MR) is 66.9 cm³/mol. The Bertz CT molecular complexity index is 681. The van der Waals surface area contributed by atoms with Crippen molar-refractivity contribution in [1.29, 1.82) is 0 Å². The molecule has 0 saturated heterocycles. The molecule has 0 aliphatic carbocycles. The zero-order valence-corrected chi connectivity index (χ0v) is 10.1. The van der Waals surface area contributed by atoms with Crippen molar-refractivity contribution in [2.75, 3.05) is 0 Å². The summed E-state index contributed by atoms with van der Waals surface area (Å²) in [5.41, 5.74) is 2.74. The Morgan fingerprint density at radius 2 is 1.76 bits per heavy atom. The molecule has 4 heteroatoms. The summed E-state index contributed by atoms with van der Waals surface area (Å²) < 4.78 is 1.52. The molecule has 0 atom stereocenters. The summed E-state index contributed by atoms with van der Waals surface area (Å²) in [7, 11) is 0. The Kier molecular flexibility index (Phi) is 2.71. The van der Waals surface area contributed by atoms with E-state index in [2.05, 4.69) is 4.98 Å². The lowest BCUT2D eigenvalue weighted by Crippen LogP contribution is -2.30. The molecule has 1 aromatic carbocycles. The zero-order valence-electron chi connectivity index (χ0n) is 10.1.